The second-order valence-corrected chi connectivity index (χ2v) is 3.99. The van der Waals surface area contributed by atoms with Crippen LogP contribution in [0.3, 0.4) is 0 Å². The van der Waals surface area contributed by atoms with Crippen LogP contribution in [-0.2, 0) is 0 Å². The monoisotopic (exact) mass is 274 g/mol. The fourth-order valence-corrected chi connectivity index (χ4v) is 1.58. The molecule has 0 fully saturated rings. The zero-order valence-corrected chi connectivity index (χ0v) is 10.6. The molecule has 2 rings (SSSR count). The Hall–Kier alpha value is -2.60. The van der Waals surface area contributed by atoms with Gasteiger partial charge in [-0.3, -0.25) is 9.59 Å². The number of hydrogen-bond acceptors (Lipinski definition) is 4. The van der Waals surface area contributed by atoms with E-state index in [0.29, 0.717) is 11.3 Å². The van der Waals surface area contributed by atoms with Gasteiger partial charge in [0.25, 0.3) is 11.8 Å². The molecule has 2 amide bonds. The molecule has 0 atom stereocenters. The maximum absolute atomic E-state index is 11.7. The average Bonchev–Trinajstić information content (AvgIpc) is 3.00. The average molecular weight is 274 g/mol. The van der Waals surface area contributed by atoms with E-state index in [-0.39, 0.29) is 30.7 Å². The van der Waals surface area contributed by atoms with Gasteiger partial charge in [-0.2, -0.15) is 0 Å². The highest BCUT2D eigenvalue weighted by atomic mass is 16.3. The van der Waals surface area contributed by atoms with Gasteiger partial charge in [-0.15, -0.1) is 0 Å². The molecule has 1 aromatic carbocycles. The van der Waals surface area contributed by atoms with Gasteiger partial charge in [0.05, 0.1) is 12.9 Å². The second-order valence-electron chi connectivity index (χ2n) is 3.99. The van der Waals surface area contributed by atoms with E-state index in [9.17, 15) is 9.59 Å². The summed E-state index contributed by atoms with van der Waals surface area (Å²) in [5.41, 5.74) is 1.01. The van der Waals surface area contributed by atoms with E-state index < -0.39 is 0 Å². The summed E-state index contributed by atoms with van der Waals surface area (Å²) in [6, 6.07) is 9.61. The molecule has 0 aliphatic rings. The van der Waals surface area contributed by atoms with Gasteiger partial charge in [0, 0.05) is 17.8 Å². The van der Waals surface area contributed by atoms with E-state index in [4.69, 9.17) is 9.52 Å². The maximum Gasteiger partial charge on any atom is 0.291 e. The molecule has 6 heteroatoms. The summed E-state index contributed by atoms with van der Waals surface area (Å²) >= 11 is 0. The minimum absolute atomic E-state index is 0.108. The predicted octanol–water partition coefficient (Wildman–Crippen LogP) is 1.25. The van der Waals surface area contributed by atoms with Crippen LogP contribution in [-0.4, -0.2) is 30.1 Å². The lowest BCUT2D eigenvalue weighted by molar-refractivity contribution is 0.0944. The first-order chi connectivity index (χ1) is 9.70. The Morgan fingerprint density at radius 2 is 1.85 bits per heavy atom. The first-order valence-corrected chi connectivity index (χ1v) is 6.04. The Balaban J connectivity index is 1.98. The van der Waals surface area contributed by atoms with Gasteiger partial charge in [-0.25, -0.2) is 0 Å². The molecule has 6 nitrogen and oxygen atoms in total. The Morgan fingerprint density at radius 1 is 1.10 bits per heavy atom. The molecule has 0 bridgehead atoms. The molecule has 0 aliphatic carbocycles. The summed E-state index contributed by atoms with van der Waals surface area (Å²) in [7, 11) is 0. The van der Waals surface area contributed by atoms with Gasteiger partial charge < -0.3 is 20.2 Å². The minimum atomic E-state index is -0.354. The summed E-state index contributed by atoms with van der Waals surface area (Å²) in [5, 5.41) is 13.8. The molecular formula is C14H14N2O4. The van der Waals surface area contributed by atoms with Crippen LogP contribution >= 0.6 is 0 Å². The Labute approximate surface area is 115 Å². The number of benzene rings is 1. The first kappa shape index (κ1) is 13.8. The van der Waals surface area contributed by atoms with Crippen LogP contribution in [0, 0.1) is 0 Å². The fourth-order valence-electron chi connectivity index (χ4n) is 1.58. The Morgan fingerprint density at radius 3 is 2.45 bits per heavy atom. The van der Waals surface area contributed by atoms with Crippen molar-refractivity contribution in [1.82, 2.24) is 5.32 Å². The maximum atomic E-state index is 11.7. The molecular weight excluding hydrogens is 260 g/mol. The zero-order valence-electron chi connectivity index (χ0n) is 10.6. The number of carbonyl (C=O) groups is 2. The number of carbonyl (C=O) groups excluding carboxylic acids is 2. The molecule has 0 radical (unpaired) electrons. The van der Waals surface area contributed by atoms with E-state index in [1.807, 2.05) is 0 Å². The summed E-state index contributed by atoms with van der Waals surface area (Å²) < 4.78 is 4.97. The van der Waals surface area contributed by atoms with E-state index in [0.717, 1.165) is 0 Å². The van der Waals surface area contributed by atoms with Crippen LogP contribution in [0.2, 0.25) is 0 Å². The summed E-state index contributed by atoms with van der Waals surface area (Å²) in [5.74, 6) is -0.412. The highest BCUT2D eigenvalue weighted by Gasteiger charge is 2.09. The number of amides is 2. The van der Waals surface area contributed by atoms with Crippen molar-refractivity contribution < 1.29 is 19.1 Å². The van der Waals surface area contributed by atoms with Gasteiger partial charge in [0.15, 0.2) is 5.76 Å². The normalized spacial score (nSPS) is 10.1. The molecule has 20 heavy (non-hydrogen) atoms. The van der Waals surface area contributed by atoms with Gasteiger partial charge in [0.1, 0.15) is 0 Å². The van der Waals surface area contributed by atoms with Crippen molar-refractivity contribution in [2.75, 3.05) is 18.5 Å². The van der Waals surface area contributed by atoms with Crippen LogP contribution < -0.4 is 10.6 Å². The molecule has 104 valence electrons. The third-order valence-corrected chi connectivity index (χ3v) is 2.55. The number of anilines is 1. The van der Waals surface area contributed by atoms with Gasteiger partial charge >= 0.3 is 0 Å². The summed E-state index contributed by atoms with van der Waals surface area (Å²) in [6.45, 7) is 0.0961. The Bertz CT molecular complexity index is 576. The highest BCUT2D eigenvalue weighted by molar-refractivity contribution is 6.02. The fraction of sp³-hybridized carbons (Fsp3) is 0.143. The van der Waals surface area contributed by atoms with Crippen LogP contribution in [0.4, 0.5) is 5.69 Å². The van der Waals surface area contributed by atoms with E-state index in [1.54, 1.807) is 36.4 Å². The predicted molar refractivity (Wildman–Crippen MR) is 72.5 cm³/mol. The largest absolute Gasteiger partial charge is 0.459 e. The molecule has 0 saturated carbocycles. The van der Waals surface area contributed by atoms with E-state index in [1.165, 1.54) is 6.26 Å². The first-order valence-electron chi connectivity index (χ1n) is 6.04. The minimum Gasteiger partial charge on any atom is -0.459 e. The van der Waals surface area contributed by atoms with Crippen LogP contribution in [0.25, 0.3) is 0 Å². The number of nitrogens with one attached hydrogen (secondary N) is 2. The number of rotatable bonds is 5. The van der Waals surface area contributed by atoms with Crippen molar-refractivity contribution in [1.29, 1.82) is 0 Å². The number of aliphatic hydroxyl groups is 1. The quantitative estimate of drug-likeness (QED) is 0.765. The molecule has 0 unspecified atom stereocenters. The van der Waals surface area contributed by atoms with Crippen molar-refractivity contribution in [2.24, 2.45) is 0 Å². The Kier molecular flexibility index (Phi) is 4.52. The molecule has 3 N–H and O–H groups in total. The highest BCUT2D eigenvalue weighted by Crippen LogP contribution is 2.11. The molecule has 0 saturated heterocycles. The number of hydrogen-bond donors (Lipinski definition) is 3. The van der Waals surface area contributed by atoms with Gasteiger partial charge in [-0.05, 0) is 36.4 Å². The van der Waals surface area contributed by atoms with Crippen LogP contribution in [0.1, 0.15) is 20.9 Å². The van der Waals surface area contributed by atoms with Gasteiger partial charge in [0.2, 0.25) is 0 Å². The molecule has 2 aromatic rings. The zero-order chi connectivity index (χ0) is 14.4. The number of aliphatic hydroxyl groups excluding tert-OH is 1. The van der Waals surface area contributed by atoms with Crippen molar-refractivity contribution in [3.8, 4) is 0 Å². The van der Waals surface area contributed by atoms with Crippen LogP contribution in [0.15, 0.2) is 47.1 Å². The molecule has 0 spiro atoms. The van der Waals surface area contributed by atoms with Crippen LogP contribution in [0.5, 0.6) is 0 Å². The van der Waals surface area contributed by atoms with Crippen molar-refractivity contribution >= 4 is 17.5 Å². The summed E-state index contributed by atoms with van der Waals surface area (Å²) in [6.07, 6.45) is 1.42. The lowest BCUT2D eigenvalue weighted by atomic mass is 10.2. The molecule has 1 aromatic heterocycles. The number of furan rings is 1. The van der Waals surface area contributed by atoms with E-state index >= 15 is 0 Å². The molecule has 1 heterocycles. The topological polar surface area (TPSA) is 91.6 Å². The SMILES string of the molecule is O=C(NCCO)c1ccc(NC(=O)c2ccco2)cc1. The van der Waals surface area contributed by atoms with Crippen molar-refractivity contribution in [3.63, 3.8) is 0 Å². The van der Waals surface area contributed by atoms with E-state index in [2.05, 4.69) is 10.6 Å². The third kappa shape index (κ3) is 3.46. The lowest BCUT2D eigenvalue weighted by Crippen LogP contribution is -2.26. The lowest BCUT2D eigenvalue weighted by Gasteiger charge is -2.06. The standard InChI is InChI=1S/C14H14N2O4/c17-8-7-15-13(18)10-3-5-11(6-4-10)16-14(19)12-2-1-9-20-12/h1-6,9,17H,7-8H2,(H,15,18)(H,16,19). The van der Waals surface area contributed by atoms with Gasteiger partial charge in [-0.1, -0.05) is 0 Å². The van der Waals surface area contributed by atoms with Crippen molar-refractivity contribution in [2.45, 2.75) is 0 Å². The van der Waals surface area contributed by atoms with Crippen molar-refractivity contribution in [3.05, 3.63) is 54.0 Å². The summed E-state index contributed by atoms with van der Waals surface area (Å²) in [4.78, 5) is 23.3. The molecule has 0 aliphatic heterocycles. The smallest absolute Gasteiger partial charge is 0.291 e. The third-order valence-electron chi connectivity index (χ3n) is 2.55. The second kappa shape index (κ2) is 6.53.